The molecule has 0 heterocycles. The van der Waals surface area contributed by atoms with Gasteiger partial charge in [0.25, 0.3) is 0 Å². The van der Waals surface area contributed by atoms with Crippen molar-refractivity contribution in [2.45, 2.75) is 0 Å². The molecule has 0 fully saturated rings. The fraction of sp³-hybridized carbons (Fsp3) is 0. The molecule has 0 spiro atoms. The molecule has 14 heavy (non-hydrogen) atoms. The molecule has 0 saturated carbocycles. The Balaban J connectivity index is 3.80. The first-order valence-corrected chi connectivity index (χ1v) is 4.51. The molecule has 0 unspecified atom stereocenters. The molecule has 12 heteroatoms. The molecule has 0 aliphatic carbocycles. The van der Waals surface area contributed by atoms with E-state index in [0.29, 0.717) is 0 Å². The van der Waals surface area contributed by atoms with Crippen LogP contribution < -0.4 is 0 Å². The third-order valence-corrected chi connectivity index (χ3v) is 1.19. The first kappa shape index (κ1) is 14.1. The molecule has 0 aromatic heterocycles. The van der Waals surface area contributed by atoms with Crippen LogP contribution in [0.2, 0.25) is 0 Å². The fourth-order valence-corrected chi connectivity index (χ4v) is 0.584. The molecule has 0 aromatic rings. The summed E-state index contributed by atoms with van der Waals surface area (Å²) in [6.45, 7) is 16.8. The van der Waals surface area contributed by atoms with Gasteiger partial charge >= 0.3 is 92.8 Å². The molecule has 1 nitrogen and oxygen atoms in total. The number of rotatable bonds is 3. The molecule has 0 aromatic carbocycles. The molecule has 0 rings (SSSR count). The van der Waals surface area contributed by atoms with E-state index < -0.39 is 0 Å². The minimum absolute atomic E-state index is 1.66. The molecule has 0 aliphatic rings. The van der Waals surface area contributed by atoms with E-state index in [1.807, 2.05) is 62.3 Å². The van der Waals surface area contributed by atoms with Crippen LogP contribution in [0.1, 0.15) is 0 Å². The van der Waals surface area contributed by atoms with E-state index in [1.54, 1.807) is 13.8 Å². The van der Waals surface area contributed by atoms with Crippen molar-refractivity contribution < 1.29 is 0 Å². The average Bonchev–Trinajstić information content (AvgIpc) is 2.21. The van der Waals surface area contributed by atoms with Gasteiger partial charge in [0.2, 0.25) is 0 Å². The predicted molar refractivity (Wildman–Crippen MR) is 79.1 cm³/mol. The van der Waals surface area contributed by atoms with Gasteiger partial charge in [-0.05, 0) is 0 Å². The van der Waals surface area contributed by atoms with E-state index in [1.165, 1.54) is 0 Å². The first-order chi connectivity index (χ1) is 6.91. The Morgan fingerprint density at radius 2 is 1.57 bits per heavy atom. The average molecular weight is 161 g/mol. The molecule has 50 valence electrons. The zero-order valence-electron chi connectivity index (χ0n) is 8.64. The Kier molecular flexibility index (Phi) is 13.1. The van der Waals surface area contributed by atoms with Gasteiger partial charge in [-0.2, -0.15) is 0 Å². The maximum absolute atomic E-state index is 3.83. The van der Waals surface area contributed by atoms with Crippen molar-refractivity contribution in [3.05, 3.63) is 0 Å². The van der Waals surface area contributed by atoms with Gasteiger partial charge in [0.05, 0.1) is 0 Å². The third kappa shape index (κ3) is 12.1. The van der Waals surface area contributed by atoms with Crippen molar-refractivity contribution in [3.8, 4) is 11.9 Å². The van der Waals surface area contributed by atoms with Crippen LogP contribution in [0.25, 0.3) is 0 Å². The van der Waals surface area contributed by atoms with Crippen LogP contribution in [-0.4, -0.2) is 76.1 Å². The Morgan fingerprint density at radius 1 is 0.857 bits per heavy atom. The normalized spacial score (nSPS) is 7.14. The van der Waals surface area contributed by atoms with Crippen LogP contribution in [0, 0.1) is 11.9 Å². The second-order valence-electron chi connectivity index (χ2n) is 2.33. The van der Waals surface area contributed by atoms with Gasteiger partial charge in [-0.25, -0.2) is 0 Å². The first-order valence-electron chi connectivity index (χ1n) is 4.51. The van der Waals surface area contributed by atoms with E-state index in [-0.39, 0.29) is 0 Å². The molecule has 0 atom stereocenters. The topological polar surface area (TPSA) is 12.4 Å². The van der Waals surface area contributed by atoms with E-state index in [9.17, 15) is 0 Å². The zero-order valence-corrected chi connectivity index (χ0v) is 8.64. The molecular weight excluding hydrogens is 157 g/mol. The van der Waals surface area contributed by atoms with Crippen molar-refractivity contribution >= 4 is 76.1 Å². The third-order valence-electron chi connectivity index (χ3n) is 1.19. The summed E-state index contributed by atoms with van der Waals surface area (Å²) in [7, 11) is 3.91. The number of nitrogens with zero attached hydrogens (tertiary/aromatic N) is 1. The molecule has 0 saturated heterocycles. The molecule has 0 amide bonds. The van der Waals surface area contributed by atoms with Crippen molar-refractivity contribution in [1.82, 2.24) is 0 Å². The van der Waals surface area contributed by atoms with Gasteiger partial charge in [-0.3, -0.25) is 0 Å². The summed E-state index contributed by atoms with van der Waals surface area (Å²) in [5.41, 5.74) is 0. The Morgan fingerprint density at radius 3 is 2.29 bits per heavy atom. The van der Waals surface area contributed by atoms with E-state index in [0.717, 1.165) is 0 Å². The zero-order chi connectivity index (χ0) is 10.5. The molecule has 0 N–H and O–H groups in total. The van der Waals surface area contributed by atoms with Gasteiger partial charge < -0.3 is 0 Å². The summed E-state index contributed by atoms with van der Waals surface area (Å²) < 4.78 is 0. The van der Waals surface area contributed by atoms with Crippen LogP contribution in [0.15, 0.2) is 4.90 Å². The van der Waals surface area contributed by atoms with Gasteiger partial charge in [-0.15, -0.1) is 0 Å². The van der Waals surface area contributed by atoms with Crippen molar-refractivity contribution in [3.63, 3.8) is 0 Å². The van der Waals surface area contributed by atoms with Gasteiger partial charge in [0, 0.05) is 0 Å². The van der Waals surface area contributed by atoms with Crippen molar-refractivity contribution in [2.24, 2.45) is 4.90 Å². The monoisotopic (exact) mass is 163 g/mol. The summed E-state index contributed by atoms with van der Waals surface area (Å²) in [6.07, 6.45) is 0. The summed E-state index contributed by atoms with van der Waals surface area (Å²) in [5, 5.41) is 0. The van der Waals surface area contributed by atoms with E-state index in [2.05, 4.69) is 16.8 Å². The van der Waals surface area contributed by atoms with Crippen LogP contribution in [0.4, 0.5) is 0 Å². The molecular formula is C2H4B11N. The number of hydrogen-bond donors (Lipinski definition) is 0. The quantitative estimate of drug-likeness (QED) is 0.290. The van der Waals surface area contributed by atoms with Gasteiger partial charge in [0.15, 0.2) is 0 Å². The predicted octanol–water partition coefficient (Wildman–Crippen LogP) is -5.07. The van der Waals surface area contributed by atoms with E-state index >= 15 is 0 Å². The Bertz CT molecular complexity index is 325. The van der Waals surface area contributed by atoms with Gasteiger partial charge in [-0.1, -0.05) is 0 Å². The Labute approximate surface area is 93.1 Å². The van der Waals surface area contributed by atoms with E-state index in [4.69, 9.17) is 0 Å². The molecule has 0 aliphatic heterocycles. The SMILES string of the molecule is BB=BB=BB=BC#CN=BB=BB. The molecule has 0 bridgehead atoms. The minimum atomic E-state index is 1.66. The second-order valence-corrected chi connectivity index (χ2v) is 2.33. The molecule has 0 radical (unpaired) electrons. The Hall–Kier alpha value is 0.0743. The maximum atomic E-state index is 3.83. The van der Waals surface area contributed by atoms with Crippen LogP contribution in [0.3, 0.4) is 0 Å². The summed E-state index contributed by atoms with van der Waals surface area (Å²) in [6, 6.07) is 2.64. The number of hydrogen-bond acceptors (Lipinski definition) is 1. The summed E-state index contributed by atoms with van der Waals surface area (Å²) in [5.74, 6) is 2.78. The summed E-state index contributed by atoms with van der Waals surface area (Å²) >= 11 is 0. The van der Waals surface area contributed by atoms with Crippen LogP contribution in [-0.2, 0) is 0 Å². The standard InChI is InChI=1S/C2H4B11N/c3-6-9-12-11-8-5-1-2-14-13-10-7-4/h3-4H2. The van der Waals surface area contributed by atoms with Crippen molar-refractivity contribution in [2.75, 3.05) is 0 Å². The van der Waals surface area contributed by atoms with Crippen molar-refractivity contribution in [1.29, 1.82) is 0 Å². The summed E-state index contributed by atoms with van der Waals surface area (Å²) in [4.78, 5) is 3.83. The van der Waals surface area contributed by atoms with Gasteiger partial charge in [0.1, 0.15) is 0 Å². The van der Waals surface area contributed by atoms with Crippen LogP contribution >= 0.6 is 0 Å². The second kappa shape index (κ2) is 13.1. The van der Waals surface area contributed by atoms with Crippen LogP contribution in [0.5, 0.6) is 0 Å². The fourth-order valence-electron chi connectivity index (χ4n) is 0.584.